The van der Waals surface area contributed by atoms with E-state index >= 15 is 0 Å². The van der Waals surface area contributed by atoms with Crippen molar-refractivity contribution < 1.29 is 4.39 Å². The number of rotatable bonds is 7. The molecular formula is C28H30ClFN8. The average Bonchev–Trinajstić information content (AvgIpc) is 3.40. The van der Waals surface area contributed by atoms with Crippen molar-refractivity contribution in [2.75, 3.05) is 17.2 Å². The number of hydrogen-bond acceptors (Lipinski definition) is 7. The van der Waals surface area contributed by atoms with Gasteiger partial charge in [-0.3, -0.25) is 4.98 Å². The molecule has 3 heterocycles. The molecule has 196 valence electrons. The molecule has 0 saturated heterocycles. The molecule has 1 aliphatic carbocycles. The summed E-state index contributed by atoms with van der Waals surface area (Å²) >= 11 is 6.71. The van der Waals surface area contributed by atoms with E-state index in [0.717, 1.165) is 23.8 Å². The molecule has 4 aromatic rings. The zero-order valence-electron chi connectivity index (χ0n) is 22.1. The Kier molecular flexibility index (Phi) is 6.48. The fourth-order valence-corrected chi connectivity index (χ4v) is 4.65. The minimum atomic E-state index is -0.544. The monoisotopic (exact) mass is 532 g/mol. The molecule has 5 rings (SSSR count). The van der Waals surface area contributed by atoms with Gasteiger partial charge in [-0.05, 0) is 50.3 Å². The van der Waals surface area contributed by atoms with Gasteiger partial charge in [0.25, 0.3) is 0 Å². The summed E-state index contributed by atoms with van der Waals surface area (Å²) in [5.41, 5.74) is 4.37. The van der Waals surface area contributed by atoms with Gasteiger partial charge in [-0.15, -0.1) is 5.10 Å². The molecule has 0 unspecified atom stereocenters. The van der Waals surface area contributed by atoms with Gasteiger partial charge in [0.2, 0.25) is 5.95 Å². The summed E-state index contributed by atoms with van der Waals surface area (Å²) in [5, 5.41) is 26.8. The molecule has 0 bridgehead atoms. The SMILES string of the molecule is Cc1nc(F)ccc1[C@H](Nc1cc(Cl)c2ncc(C#N)c(NCC(C)(C)C)c2c1)c1cn(C2(C)CC2)nn1. The lowest BCUT2D eigenvalue weighted by Gasteiger charge is -2.23. The molecule has 0 radical (unpaired) electrons. The number of aryl methyl sites for hydroxylation is 1. The van der Waals surface area contributed by atoms with E-state index in [0.29, 0.717) is 45.4 Å². The summed E-state index contributed by atoms with van der Waals surface area (Å²) in [6.07, 6.45) is 5.56. The molecule has 1 aliphatic rings. The van der Waals surface area contributed by atoms with Gasteiger partial charge in [-0.2, -0.15) is 9.65 Å². The highest BCUT2D eigenvalue weighted by molar-refractivity contribution is 6.35. The molecule has 38 heavy (non-hydrogen) atoms. The summed E-state index contributed by atoms with van der Waals surface area (Å²) in [6, 6.07) is 8.54. The highest BCUT2D eigenvalue weighted by Gasteiger charge is 2.41. The molecular weight excluding hydrogens is 503 g/mol. The van der Waals surface area contributed by atoms with Crippen molar-refractivity contribution >= 4 is 33.9 Å². The molecule has 0 spiro atoms. The molecule has 8 nitrogen and oxygen atoms in total. The lowest BCUT2D eigenvalue weighted by molar-refractivity contribution is 0.443. The van der Waals surface area contributed by atoms with Crippen LogP contribution in [0.5, 0.6) is 0 Å². The maximum Gasteiger partial charge on any atom is 0.213 e. The average molecular weight is 533 g/mol. The number of hydrogen-bond donors (Lipinski definition) is 2. The first-order chi connectivity index (χ1) is 18.0. The van der Waals surface area contributed by atoms with Crippen molar-refractivity contribution in [2.24, 2.45) is 5.41 Å². The largest absolute Gasteiger partial charge is 0.383 e. The molecule has 2 N–H and O–H groups in total. The Morgan fingerprint density at radius 2 is 2.03 bits per heavy atom. The summed E-state index contributed by atoms with van der Waals surface area (Å²) in [4.78, 5) is 8.49. The van der Waals surface area contributed by atoms with Gasteiger partial charge >= 0.3 is 0 Å². The number of benzene rings is 1. The highest BCUT2D eigenvalue weighted by atomic mass is 35.5. The van der Waals surface area contributed by atoms with Crippen LogP contribution in [-0.2, 0) is 5.54 Å². The van der Waals surface area contributed by atoms with Crippen molar-refractivity contribution in [2.45, 2.75) is 59.0 Å². The highest BCUT2D eigenvalue weighted by Crippen LogP contribution is 2.43. The molecule has 10 heteroatoms. The van der Waals surface area contributed by atoms with Gasteiger partial charge in [-0.25, -0.2) is 9.67 Å². The third-order valence-electron chi connectivity index (χ3n) is 6.89. The van der Waals surface area contributed by atoms with Crippen LogP contribution in [0.4, 0.5) is 15.8 Å². The molecule has 1 fully saturated rings. The van der Waals surface area contributed by atoms with Crippen molar-refractivity contribution in [1.82, 2.24) is 25.0 Å². The fraction of sp³-hybridized carbons (Fsp3) is 0.393. The molecule has 1 saturated carbocycles. The van der Waals surface area contributed by atoms with Gasteiger partial charge in [0, 0.05) is 35.1 Å². The van der Waals surface area contributed by atoms with E-state index in [-0.39, 0.29) is 11.0 Å². The van der Waals surface area contributed by atoms with E-state index in [9.17, 15) is 9.65 Å². The first-order valence-electron chi connectivity index (χ1n) is 12.6. The van der Waals surface area contributed by atoms with Crippen LogP contribution in [0.1, 0.15) is 69.1 Å². The number of fused-ring (bicyclic) bond motifs is 1. The van der Waals surface area contributed by atoms with E-state index in [1.807, 2.05) is 16.9 Å². The standard InChI is InChI=1S/C28H30ClFN8/c1-16-19(6-7-23(30)34-16)26(22-14-38(37-36-22)28(5)8-9-28)35-18-10-20-24(33-15-27(2,3)4)17(12-31)13-32-25(20)21(29)11-18/h6-7,10-11,13-14,26,35H,8-9,15H2,1-5H3,(H,32,33)/t26-/m0/s1. The summed E-state index contributed by atoms with van der Waals surface area (Å²) in [5.74, 6) is -0.544. The minimum Gasteiger partial charge on any atom is -0.383 e. The third kappa shape index (κ3) is 5.14. The zero-order chi connectivity index (χ0) is 27.2. The fourth-order valence-electron chi connectivity index (χ4n) is 4.38. The number of pyridine rings is 2. The van der Waals surface area contributed by atoms with Crippen LogP contribution in [-0.4, -0.2) is 31.5 Å². The molecule has 0 aliphatic heterocycles. The van der Waals surface area contributed by atoms with Crippen molar-refractivity contribution in [3.63, 3.8) is 0 Å². The molecule has 1 atom stereocenters. The van der Waals surface area contributed by atoms with E-state index in [1.54, 1.807) is 25.3 Å². The number of aromatic nitrogens is 5. The first-order valence-corrected chi connectivity index (χ1v) is 12.9. The van der Waals surface area contributed by atoms with Gasteiger partial charge in [0.1, 0.15) is 11.8 Å². The Balaban J connectivity index is 1.60. The second-order valence-corrected chi connectivity index (χ2v) is 11.8. The smallest absolute Gasteiger partial charge is 0.213 e. The number of nitriles is 1. The molecule has 0 amide bonds. The Morgan fingerprint density at radius 1 is 1.26 bits per heavy atom. The lowest BCUT2D eigenvalue weighted by Crippen LogP contribution is -2.20. The summed E-state index contributed by atoms with van der Waals surface area (Å²) < 4.78 is 15.8. The maximum atomic E-state index is 13.9. The Hall–Kier alpha value is -3.77. The van der Waals surface area contributed by atoms with Crippen LogP contribution in [0.2, 0.25) is 5.02 Å². The predicted molar refractivity (Wildman–Crippen MR) is 147 cm³/mol. The summed E-state index contributed by atoms with van der Waals surface area (Å²) in [7, 11) is 0. The quantitative estimate of drug-likeness (QED) is 0.267. The van der Waals surface area contributed by atoms with E-state index in [2.05, 4.69) is 64.7 Å². The van der Waals surface area contributed by atoms with Gasteiger partial charge in [-0.1, -0.05) is 43.7 Å². The van der Waals surface area contributed by atoms with E-state index < -0.39 is 12.0 Å². The lowest BCUT2D eigenvalue weighted by atomic mass is 9.96. The minimum absolute atomic E-state index is 0.00972. The number of anilines is 2. The van der Waals surface area contributed by atoms with Gasteiger partial charge < -0.3 is 10.6 Å². The van der Waals surface area contributed by atoms with Crippen molar-refractivity contribution in [1.29, 1.82) is 5.26 Å². The molecule has 1 aromatic carbocycles. The number of halogens is 2. The van der Waals surface area contributed by atoms with Gasteiger partial charge in [0.05, 0.1) is 39.6 Å². The van der Waals surface area contributed by atoms with Crippen LogP contribution in [0, 0.1) is 29.6 Å². The first kappa shape index (κ1) is 25.9. The van der Waals surface area contributed by atoms with Crippen LogP contribution >= 0.6 is 11.6 Å². The molecule has 3 aromatic heterocycles. The predicted octanol–water partition coefficient (Wildman–Crippen LogP) is 6.36. The van der Waals surface area contributed by atoms with Crippen LogP contribution in [0.15, 0.2) is 36.7 Å². The van der Waals surface area contributed by atoms with Crippen molar-refractivity contribution in [3.05, 3.63) is 70.1 Å². The Labute approximate surface area is 226 Å². The topological polar surface area (TPSA) is 104 Å². The van der Waals surface area contributed by atoms with Crippen LogP contribution in [0.25, 0.3) is 10.9 Å². The Bertz CT molecular complexity index is 1560. The van der Waals surface area contributed by atoms with Crippen LogP contribution in [0.3, 0.4) is 0 Å². The number of nitrogens with zero attached hydrogens (tertiary/aromatic N) is 6. The number of nitrogens with one attached hydrogen (secondary N) is 2. The van der Waals surface area contributed by atoms with Crippen LogP contribution < -0.4 is 10.6 Å². The normalized spacial score (nSPS) is 15.2. The second kappa shape index (κ2) is 9.52. The second-order valence-electron chi connectivity index (χ2n) is 11.4. The van der Waals surface area contributed by atoms with Gasteiger partial charge in [0.15, 0.2) is 0 Å². The maximum absolute atomic E-state index is 13.9. The Morgan fingerprint density at radius 3 is 2.68 bits per heavy atom. The zero-order valence-corrected chi connectivity index (χ0v) is 22.9. The third-order valence-corrected chi connectivity index (χ3v) is 7.18. The van der Waals surface area contributed by atoms with E-state index in [1.165, 1.54) is 6.07 Å². The van der Waals surface area contributed by atoms with Crippen molar-refractivity contribution in [3.8, 4) is 6.07 Å². The summed E-state index contributed by atoms with van der Waals surface area (Å²) in [6.45, 7) is 10.9. The van der Waals surface area contributed by atoms with E-state index in [4.69, 9.17) is 11.6 Å².